The molecule has 0 saturated heterocycles. The van der Waals surface area contributed by atoms with Gasteiger partial charge in [-0.15, -0.1) is 5.10 Å². The second kappa shape index (κ2) is 3.98. The van der Waals surface area contributed by atoms with Crippen LogP contribution in [0.3, 0.4) is 0 Å². The largest absolute Gasteiger partial charge is 0.394 e. The number of carbonyl (C=O) groups excluding carboxylic acids is 1. The van der Waals surface area contributed by atoms with Gasteiger partial charge in [-0.2, -0.15) is 0 Å². The third kappa shape index (κ3) is 2.33. The van der Waals surface area contributed by atoms with E-state index >= 15 is 0 Å². The maximum absolute atomic E-state index is 11.5. The van der Waals surface area contributed by atoms with Crippen molar-refractivity contribution in [2.24, 2.45) is 0 Å². The fraction of sp³-hybridized carbons (Fsp3) is 0.667. The number of hydrogen-bond acceptors (Lipinski definition) is 4. The Hall–Kier alpha value is -1.43. The van der Waals surface area contributed by atoms with Gasteiger partial charge in [0.1, 0.15) is 5.82 Å². The number of H-pyrrole nitrogens is 1. The first-order valence-electron chi connectivity index (χ1n) is 5.04. The Kier molecular flexibility index (Phi) is 2.68. The summed E-state index contributed by atoms with van der Waals surface area (Å²) in [5, 5.41) is 17.9. The van der Waals surface area contributed by atoms with Gasteiger partial charge >= 0.3 is 0 Å². The number of aromatic amines is 1. The van der Waals surface area contributed by atoms with Crippen LogP contribution in [0.2, 0.25) is 0 Å². The Balaban J connectivity index is 1.98. The zero-order valence-corrected chi connectivity index (χ0v) is 8.53. The number of amides is 1. The van der Waals surface area contributed by atoms with Gasteiger partial charge in [0.15, 0.2) is 0 Å². The summed E-state index contributed by atoms with van der Waals surface area (Å²) < 4.78 is 0. The molecular formula is C9H14N4O2. The van der Waals surface area contributed by atoms with Crippen LogP contribution in [0.1, 0.15) is 42.1 Å². The monoisotopic (exact) mass is 210 g/mol. The SMILES string of the molecule is C[C@H](CO)NC(=O)c1n[nH]c(C2CC2)n1. The van der Waals surface area contributed by atoms with Crippen molar-refractivity contribution >= 4 is 5.91 Å². The lowest BCUT2D eigenvalue weighted by atomic mass is 10.3. The van der Waals surface area contributed by atoms with Crippen LogP contribution in [0.15, 0.2) is 0 Å². The molecule has 1 aliphatic rings. The highest BCUT2D eigenvalue weighted by Crippen LogP contribution is 2.37. The number of nitrogens with one attached hydrogen (secondary N) is 2. The Labute approximate surface area is 87.1 Å². The maximum atomic E-state index is 11.5. The van der Waals surface area contributed by atoms with Gasteiger partial charge in [0, 0.05) is 12.0 Å². The summed E-state index contributed by atoms with van der Waals surface area (Å²) in [4.78, 5) is 15.6. The summed E-state index contributed by atoms with van der Waals surface area (Å²) in [5.41, 5.74) is 0. The molecule has 1 atom stereocenters. The van der Waals surface area contributed by atoms with Crippen LogP contribution < -0.4 is 5.32 Å². The van der Waals surface area contributed by atoms with Crippen LogP contribution >= 0.6 is 0 Å². The molecule has 1 amide bonds. The average Bonchev–Trinajstić information content (AvgIpc) is 2.96. The molecule has 15 heavy (non-hydrogen) atoms. The van der Waals surface area contributed by atoms with E-state index in [9.17, 15) is 4.79 Å². The third-order valence-corrected chi connectivity index (χ3v) is 2.32. The van der Waals surface area contributed by atoms with Crippen LogP contribution in [0.25, 0.3) is 0 Å². The van der Waals surface area contributed by atoms with Crippen LogP contribution in [-0.2, 0) is 0 Å². The Morgan fingerprint density at radius 2 is 2.47 bits per heavy atom. The fourth-order valence-electron chi connectivity index (χ4n) is 1.25. The molecule has 1 aromatic rings. The summed E-state index contributed by atoms with van der Waals surface area (Å²) in [7, 11) is 0. The summed E-state index contributed by atoms with van der Waals surface area (Å²) in [6, 6.07) is -0.277. The van der Waals surface area contributed by atoms with E-state index in [1.165, 1.54) is 0 Å². The minimum atomic E-state index is -0.347. The molecule has 6 nitrogen and oxygen atoms in total. The molecule has 6 heteroatoms. The van der Waals surface area contributed by atoms with Crippen LogP contribution in [-0.4, -0.2) is 38.8 Å². The zero-order valence-electron chi connectivity index (χ0n) is 8.53. The first-order valence-corrected chi connectivity index (χ1v) is 5.04. The molecule has 0 bridgehead atoms. The minimum Gasteiger partial charge on any atom is -0.394 e. The van der Waals surface area contributed by atoms with Crippen molar-refractivity contribution in [1.82, 2.24) is 20.5 Å². The van der Waals surface area contributed by atoms with Gasteiger partial charge < -0.3 is 10.4 Å². The normalized spacial score (nSPS) is 17.5. The summed E-state index contributed by atoms with van der Waals surface area (Å²) in [6.07, 6.45) is 2.23. The molecule has 1 heterocycles. The Bertz CT molecular complexity index is 359. The van der Waals surface area contributed by atoms with Crippen LogP contribution in [0.4, 0.5) is 0 Å². The van der Waals surface area contributed by atoms with Crippen molar-refractivity contribution < 1.29 is 9.90 Å². The predicted molar refractivity (Wildman–Crippen MR) is 52.4 cm³/mol. The molecule has 2 rings (SSSR count). The van der Waals surface area contributed by atoms with Gasteiger partial charge in [0.05, 0.1) is 6.61 Å². The lowest BCUT2D eigenvalue weighted by molar-refractivity contribution is 0.0912. The van der Waals surface area contributed by atoms with E-state index in [1.54, 1.807) is 6.92 Å². The molecule has 1 fully saturated rings. The molecule has 1 aliphatic carbocycles. The molecule has 0 radical (unpaired) electrons. The van der Waals surface area contributed by atoms with E-state index in [0.29, 0.717) is 5.92 Å². The second-order valence-electron chi connectivity index (χ2n) is 3.88. The van der Waals surface area contributed by atoms with E-state index in [-0.39, 0.29) is 24.4 Å². The molecule has 3 N–H and O–H groups in total. The number of aliphatic hydroxyl groups excluding tert-OH is 1. The van der Waals surface area contributed by atoms with E-state index in [0.717, 1.165) is 18.7 Å². The summed E-state index contributed by atoms with van der Waals surface area (Å²) in [6.45, 7) is 1.62. The van der Waals surface area contributed by atoms with Gasteiger partial charge in [0.25, 0.3) is 5.91 Å². The Morgan fingerprint density at radius 1 is 1.73 bits per heavy atom. The van der Waals surface area contributed by atoms with Crippen molar-refractivity contribution in [2.75, 3.05) is 6.61 Å². The van der Waals surface area contributed by atoms with Gasteiger partial charge in [-0.1, -0.05) is 0 Å². The standard InChI is InChI=1S/C9H14N4O2/c1-5(4-14)10-9(15)8-11-7(12-13-8)6-2-3-6/h5-6,14H,2-4H2,1H3,(H,10,15)(H,11,12,13)/t5-/m1/s1. The Morgan fingerprint density at radius 3 is 3.07 bits per heavy atom. The molecule has 1 saturated carbocycles. The number of nitrogens with zero attached hydrogens (tertiary/aromatic N) is 2. The molecular weight excluding hydrogens is 196 g/mol. The van der Waals surface area contributed by atoms with Crippen LogP contribution in [0, 0.1) is 0 Å². The number of aliphatic hydroxyl groups is 1. The number of hydrogen-bond donors (Lipinski definition) is 3. The number of aromatic nitrogens is 3. The molecule has 0 spiro atoms. The quantitative estimate of drug-likeness (QED) is 0.641. The third-order valence-electron chi connectivity index (χ3n) is 2.32. The zero-order chi connectivity index (χ0) is 10.8. The van der Waals surface area contributed by atoms with E-state index in [4.69, 9.17) is 5.11 Å². The van der Waals surface area contributed by atoms with E-state index < -0.39 is 0 Å². The second-order valence-corrected chi connectivity index (χ2v) is 3.88. The maximum Gasteiger partial charge on any atom is 0.291 e. The fourth-order valence-corrected chi connectivity index (χ4v) is 1.25. The number of carbonyl (C=O) groups is 1. The smallest absolute Gasteiger partial charge is 0.291 e. The van der Waals surface area contributed by atoms with Crippen molar-refractivity contribution in [3.63, 3.8) is 0 Å². The van der Waals surface area contributed by atoms with E-state index in [1.807, 2.05) is 0 Å². The average molecular weight is 210 g/mol. The van der Waals surface area contributed by atoms with Crippen molar-refractivity contribution in [2.45, 2.75) is 31.7 Å². The van der Waals surface area contributed by atoms with Gasteiger partial charge in [-0.3, -0.25) is 9.89 Å². The van der Waals surface area contributed by atoms with E-state index in [2.05, 4.69) is 20.5 Å². The predicted octanol–water partition coefficient (Wildman–Crippen LogP) is -0.207. The van der Waals surface area contributed by atoms with Gasteiger partial charge in [-0.05, 0) is 19.8 Å². The summed E-state index contributed by atoms with van der Waals surface area (Å²) >= 11 is 0. The van der Waals surface area contributed by atoms with Gasteiger partial charge in [-0.25, -0.2) is 4.98 Å². The first-order chi connectivity index (χ1) is 7.20. The molecule has 1 aromatic heterocycles. The van der Waals surface area contributed by atoms with Gasteiger partial charge in [0.2, 0.25) is 5.82 Å². The molecule has 0 aromatic carbocycles. The molecule has 0 unspecified atom stereocenters. The number of rotatable bonds is 4. The molecule has 0 aliphatic heterocycles. The van der Waals surface area contributed by atoms with Crippen molar-refractivity contribution in [1.29, 1.82) is 0 Å². The highest BCUT2D eigenvalue weighted by molar-refractivity contribution is 5.90. The van der Waals surface area contributed by atoms with Crippen molar-refractivity contribution in [3.05, 3.63) is 11.6 Å². The lowest BCUT2D eigenvalue weighted by Crippen LogP contribution is -2.35. The lowest BCUT2D eigenvalue weighted by Gasteiger charge is -2.07. The summed E-state index contributed by atoms with van der Waals surface area (Å²) in [5.74, 6) is 1.04. The molecule has 82 valence electrons. The minimum absolute atomic E-state index is 0.0916. The highest BCUT2D eigenvalue weighted by atomic mass is 16.3. The highest BCUT2D eigenvalue weighted by Gasteiger charge is 2.28. The first kappa shape index (κ1) is 10.1. The van der Waals surface area contributed by atoms with Crippen LogP contribution in [0.5, 0.6) is 0 Å². The topological polar surface area (TPSA) is 90.9 Å². The van der Waals surface area contributed by atoms with Crippen molar-refractivity contribution in [3.8, 4) is 0 Å².